The largest absolute Gasteiger partial charge is 0.497 e. The average molecular weight is 274 g/mol. The topological polar surface area (TPSA) is 64.3 Å². The molecule has 0 heterocycles. The van der Waals surface area contributed by atoms with E-state index in [9.17, 15) is 9.18 Å². The number of ether oxygens (including phenoxy) is 1. The van der Waals surface area contributed by atoms with Gasteiger partial charge in [-0.2, -0.15) is 0 Å². The number of benzene rings is 2. The molecular formula is C15H15FN2O2. The molecule has 0 saturated heterocycles. The summed E-state index contributed by atoms with van der Waals surface area (Å²) in [6.07, 6.45) is 0. The molecule has 0 saturated carbocycles. The van der Waals surface area contributed by atoms with Crippen molar-refractivity contribution in [3.63, 3.8) is 0 Å². The first-order valence-corrected chi connectivity index (χ1v) is 6.05. The molecule has 0 radical (unpaired) electrons. The van der Waals surface area contributed by atoms with Crippen LogP contribution in [0, 0.1) is 5.82 Å². The number of rotatable bonds is 5. The first-order valence-electron chi connectivity index (χ1n) is 6.05. The second-order valence-electron chi connectivity index (χ2n) is 4.26. The maximum Gasteiger partial charge on any atom is 0.244 e. The zero-order valence-electron chi connectivity index (χ0n) is 11.0. The molecule has 0 aliphatic heterocycles. The number of nitrogens with two attached hydrogens (primary N) is 1. The molecule has 1 atom stereocenters. The standard InChI is InChI=1S/C15H15FN2O2/c1-20-13-4-2-3-12(9-13)18-14(15(17)19)10-5-7-11(16)8-6-10/h2-9,14,18H,1H3,(H2,17,19). The van der Waals surface area contributed by atoms with Gasteiger partial charge in [0.25, 0.3) is 0 Å². The van der Waals surface area contributed by atoms with Crippen LogP contribution in [0.1, 0.15) is 11.6 Å². The van der Waals surface area contributed by atoms with Crippen LogP contribution in [0.25, 0.3) is 0 Å². The molecule has 3 N–H and O–H groups in total. The minimum absolute atomic E-state index is 0.363. The molecule has 5 heteroatoms. The Morgan fingerprint density at radius 3 is 2.55 bits per heavy atom. The van der Waals surface area contributed by atoms with Crippen LogP contribution in [-0.4, -0.2) is 13.0 Å². The zero-order valence-corrected chi connectivity index (χ0v) is 11.0. The summed E-state index contributed by atoms with van der Waals surface area (Å²) < 4.78 is 18.0. The van der Waals surface area contributed by atoms with E-state index in [-0.39, 0.29) is 5.82 Å². The van der Waals surface area contributed by atoms with Crippen molar-refractivity contribution in [3.05, 3.63) is 59.9 Å². The van der Waals surface area contributed by atoms with Gasteiger partial charge >= 0.3 is 0 Å². The van der Waals surface area contributed by atoms with E-state index < -0.39 is 11.9 Å². The van der Waals surface area contributed by atoms with E-state index in [1.165, 1.54) is 24.3 Å². The molecule has 2 rings (SSSR count). The fraction of sp³-hybridized carbons (Fsp3) is 0.133. The Bertz CT molecular complexity index is 599. The van der Waals surface area contributed by atoms with E-state index in [1.807, 2.05) is 0 Å². The average Bonchev–Trinajstić information content (AvgIpc) is 2.46. The minimum Gasteiger partial charge on any atom is -0.497 e. The molecule has 20 heavy (non-hydrogen) atoms. The minimum atomic E-state index is -0.734. The lowest BCUT2D eigenvalue weighted by Crippen LogP contribution is -2.27. The summed E-state index contributed by atoms with van der Waals surface area (Å²) in [5, 5.41) is 3.01. The summed E-state index contributed by atoms with van der Waals surface area (Å²) in [5.74, 6) is -0.241. The summed E-state index contributed by atoms with van der Waals surface area (Å²) in [5.41, 5.74) is 6.69. The fourth-order valence-corrected chi connectivity index (χ4v) is 1.85. The van der Waals surface area contributed by atoms with Gasteiger partial charge in [-0.15, -0.1) is 0 Å². The number of hydrogen-bond donors (Lipinski definition) is 2. The highest BCUT2D eigenvalue weighted by Gasteiger charge is 2.17. The molecule has 0 aliphatic rings. The van der Waals surface area contributed by atoms with Crippen molar-refractivity contribution in [2.75, 3.05) is 12.4 Å². The van der Waals surface area contributed by atoms with E-state index in [0.717, 1.165) is 0 Å². The number of primary amides is 1. The molecule has 104 valence electrons. The van der Waals surface area contributed by atoms with Gasteiger partial charge in [-0.1, -0.05) is 18.2 Å². The lowest BCUT2D eigenvalue weighted by atomic mass is 10.1. The van der Waals surface area contributed by atoms with Crippen molar-refractivity contribution in [2.45, 2.75) is 6.04 Å². The molecule has 0 bridgehead atoms. The number of nitrogens with one attached hydrogen (secondary N) is 1. The Morgan fingerprint density at radius 2 is 1.95 bits per heavy atom. The van der Waals surface area contributed by atoms with Gasteiger partial charge in [-0.25, -0.2) is 4.39 Å². The van der Waals surface area contributed by atoms with Crippen molar-refractivity contribution in [1.82, 2.24) is 0 Å². The summed E-state index contributed by atoms with van der Waals surface area (Å²) in [7, 11) is 1.56. The predicted octanol–water partition coefficient (Wildman–Crippen LogP) is 2.47. The Labute approximate surface area is 116 Å². The van der Waals surface area contributed by atoms with E-state index in [0.29, 0.717) is 17.0 Å². The number of halogens is 1. The van der Waals surface area contributed by atoms with Crippen molar-refractivity contribution < 1.29 is 13.9 Å². The number of amides is 1. The molecule has 1 unspecified atom stereocenters. The van der Waals surface area contributed by atoms with E-state index >= 15 is 0 Å². The van der Waals surface area contributed by atoms with Crippen LogP contribution in [0.4, 0.5) is 10.1 Å². The molecule has 2 aromatic rings. The molecular weight excluding hydrogens is 259 g/mol. The van der Waals surface area contributed by atoms with Crippen LogP contribution in [0.15, 0.2) is 48.5 Å². The van der Waals surface area contributed by atoms with Gasteiger partial charge in [-0.05, 0) is 29.8 Å². The molecule has 0 fully saturated rings. The Balaban J connectivity index is 2.25. The first kappa shape index (κ1) is 13.9. The van der Waals surface area contributed by atoms with Crippen LogP contribution in [0.5, 0.6) is 5.75 Å². The third-order valence-corrected chi connectivity index (χ3v) is 2.87. The van der Waals surface area contributed by atoms with Gasteiger partial charge in [0.05, 0.1) is 7.11 Å². The lowest BCUT2D eigenvalue weighted by Gasteiger charge is -2.17. The summed E-state index contributed by atoms with van der Waals surface area (Å²) in [4.78, 5) is 11.6. The van der Waals surface area contributed by atoms with Crippen molar-refractivity contribution in [1.29, 1.82) is 0 Å². The monoisotopic (exact) mass is 274 g/mol. The number of methoxy groups -OCH3 is 1. The zero-order chi connectivity index (χ0) is 14.5. The van der Waals surface area contributed by atoms with Gasteiger partial charge in [0.2, 0.25) is 5.91 Å². The summed E-state index contributed by atoms with van der Waals surface area (Å²) >= 11 is 0. The van der Waals surface area contributed by atoms with Crippen molar-refractivity contribution in [2.24, 2.45) is 5.73 Å². The number of carbonyl (C=O) groups is 1. The lowest BCUT2D eigenvalue weighted by molar-refractivity contribution is -0.118. The summed E-state index contributed by atoms with van der Waals surface area (Å²) in [6.45, 7) is 0. The molecule has 0 aliphatic carbocycles. The van der Waals surface area contributed by atoms with E-state index in [1.54, 1.807) is 31.4 Å². The fourth-order valence-electron chi connectivity index (χ4n) is 1.85. The van der Waals surface area contributed by atoms with Crippen LogP contribution in [-0.2, 0) is 4.79 Å². The maximum atomic E-state index is 12.9. The second-order valence-corrected chi connectivity index (χ2v) is 4.26. The molecule has 0 aromatic heterocycles. The maximum absolute atomic E-state index is 12.9. The van der Waals surface area contributed by atoms with Gasteiger partial charge in [0.15, 0.2) is 0 Å². The van der Waals surface area contributed by atoms with Gasteiger partial charge in [0, 0.05) is 11.8 Å². The number of hydrogen-bond acceptors (Lipinski definition) is 3. The Hall–Kier alpha value is -2.56. The SMILES string of the molecule is COc1cccc(NC(C(N)=O)c2ccc(F)cc2)c1. The molecule has 1 amide bonds. The van der Waals surface area contributed by atoms with Crippen LogP contribution in [0.3, 0.4) is 0 Å². The smallest absolute Gasteiger partial charge is 0.244 e. The predicted molar refractivity (Wildman–Crippen MR) is 75.0 cm³/mol. The third-order valence-electron chi connectivity index (χ3n) is 2.87. The second kappa shape index (κ2) is 6.06. The van der Waals surface area contributed by atoms with Crippen LogP contribution < -0.4 is 15.8 Å². The Kier molecular flexibility index (Phi) is 4.20. The van der Waals surface area contributed by atoms with E-state index in [4.69, 9.17) is 10.5 Å². The van der Waals surface area contributed by atoms with E-state index in [2.05, 4.69) is 5.32 Å². The molecule has 4 nitrogen and oxygen atoms in total. The molecule has 2 aromatic carbocycles. The number of carbonyl (C=O) groups excluding carboxylic acids is 1. The first-order chi connectivity index (χ1) is 9.60. The van der Waals surface area contributed by atoms with Gasteiger partial charge in [0.1, 0.15) is 17.6 Å². The summed E-state index contributed by atoms with van der Waals surface area (Å²) in [6, 6.07) is 12.0. The highest BCUT2D eigenvalue weighted by molar-refractivity contribution is 5.84. The quantitative estimate of drug-likeness (QED) is 0.880. The van der Waals surface area contributed by atoms with Crippen molar-refractivity contribution >= 4 is 11.6 Å². The van der Waals surface area contributed by atoms with Crippen molar-refractivity contribution in [3.8, 4) is 5.75 Å². The highest BCUT2D eigenvalue weighted by Crippen LogP contribution is 2.23. The van der Waals surface area contributed by atoms with Gasteiger partial charge < -0.3 is 15.8 Å². The Morgan fingerprint density at radius 1 is 1.25 bits per heavy atom. The highest BCUT2D eigenvalue weighted by atomic mass is 19.1. The van der Waals surface area contributed by atoms with Crippen LogP contribution in [0.2, 0.25) is 0 Å². The van der Waals surface area contributed by atoms with Gasteiger partial charge in [-0.3, -0.25) is 4.79 Å². The third kappa shape index (κ3) is 3.26. The normalized spacial score (nSPS) is 11.7. The molecule has 0 spiro atoms. The van der Waals surface area contributed by atoms with Crippen LogP contribution >= 0.6 is 0 Å². The number of anilines is 1.